The molecule has 0 amide bonds. The highest BCUT2D eigenvalue weighted by Crippen LogP contribution is 2.51. The zero-order valence-corrected chi connectivity index (χ0v) is 25.6. The molecule has 0 heterocycles. The van der Waals surface area contributed by atoms with Gasteiger partial charge in [0.25, 0.3) is 0 Å². The smallest absolute Gasteiger partial charge is 0.379 e. The third-order valence-electron chi connectivity index (χ3n) is 6.77. The topological polar surface area (TPSA) is 65.0 Å². The molecule has 1 N–H and O–H groups in total. The highest BCUT2D eigenvalue weighted by Gasteiger charge is 2.41. The highest BCUT2D eigenvalue weighted by molar-refractivity contribution is 7.53. The molecule has 0 aliphatic heterocycles. The normalized spacial score (nSPS) is 15.9. The Morgan fingerprint density at radius 3 is 1.75 bits per heavy atom. The van der Waals surface area contributed by atoms with Crippen molar-refractivity contribution >= 4 is 7.60 Å². The number of quaternary nitrogens is 1. The maximum Gasteiger partial charge on any atom is 0.385 e. The van der Waals surface area contributed by atoms with Crippen LogP contribution in [0.3, 0.4) is 0 Å². The maximum atomic E-state index is 12.7. The molecule has 2 unspecified atom stereocenters. The molecule has 3 atom stereocenters. The molecule has 7 heteroatoms. The fraction of sp³-hybridized carbons (Fsp3) is 0.931. The molecule has 0 fully saturated rings. The van der Waals surface area contributed by atoms with E-state index in [0.29, 0.717) is 24.1 Å². The number of hydrogen-bond acceptors (Lipinski definition) is 4. The van der Waals surface area contributed by atoms with Crippen molar-refractivity contribution < 1.29 is 27.9 Å². The largest absolute Gasteiger partial charge is 0.385 e. The molecule has 0 aliphatic carbocycles. The lowest BCUT2D eigenvalue weighted by Crippen LogP contribution is -2.45. The number of allylic oxidation sites excluding steroid dienone is 2. The van der Waals surface area contributed by atoms with Gasteiger partial charge in [0.05, 0.1) is 34.4 Å². The number of nitrogens with zero attached hydrogens (tertiary/aromatic N) is 1. The molecule has 36 heavy (non-hydrogen) atoms. The molecule has 0 aromatic rings. The zero-order valence-electron chi connectivity index (χ0n) is 24.7. The van der Waals surface area contributed by atoms with Crippen LogP contribution in [0.4, 0.5) is 0 Å². The third-order valence-corrected chi connectivity index (χ3v) is 9.10. The van der Waals surface area contributed by atoms with E-state index in [-0.39, 0.29) is 12.7 Å². The first-order valence-electron chi connectivity index (χ1n) is 14.7. The molecule has 0 bridgehead atoms. The highest BCUT2D eigenvalue weighted by atomic mass is 31.2. The molecule has 0 spiro atoms. The van der Waals surface area contributed by atoms with Crippen LogP contribution in [0, 0.1) is 0 Å². The Labute approximate surface area is 224 Å². The van der Waals surface area contributed by atoms with Gasteiger partial charge in [0.15, 0.2) is 5.78 Å². The SMILES string of the molecule is CCCCCCCC/C=C\CCCCCCCCCOC[C@H](COP(=O)(O)C(CC)[N+](C)(C)C)OC. The summed E-state index contributed by atoms with van der Waals surface area (Å²) < 4.78 is 29.6. The quantitative estimate of drug-likeness (QED) is 0.0526. The Kier molecular flexibility index (Phi) is 22.6. The second-order valence-corrected chi connectivity index (χ2v) is 13.1. The molecule has 216 valence electrons. The van der Waals surface area contributed by atoms with E-state index < -0.39 is 13.4 Å². The molecule has 6 nitrogen and oxygen atoms in total. The van der Waals surface area contributed by atoms with Crippen LogP contribution in [-0.2, 0) is 18.6 Å². The molecule has 0 aromatic carbocycles. The minimum Gasteiger partial charge on any atom is -0.379 e. The number of ether oxygens (including phenoxy) is 2. The van der Waals surface area contributed by atoms with Crippen LogP contribution in [0.1, 0.15) is 117 Å². The summed E-state index contributed by atoms with van der Waals surface area (Å²) in [7, 11) is 3.58. The first-order valence-corrected chi connectivity index (χ1v) is 16.4. The molecule has 0 aromatic heterocycles. The molecule has 0 rings (SSSR count). The fourth-order valence-electron chi connectivity index (χ4n) is 4.52. The average molecular weight is 535 g/mol. The predicted octanol–water partition coefficient (Wildman–Crippen LogP) is 8.09. The summed E-state index contributed by atoms with van der Waals surface area (Å²) >= 11 is 0. The Morgan fingerprint density at radius 1 is 0.778 bits per heavy atom. The van der Waals surface area contributed by atoms with Gasteiger partial charge in [0, 0.05) is 20.1 Å². The van der Waals surface area contributed by atoms with Gasteiger partial charge in [-0.15, -0.1) is 0 Å². The molecule has 0 saturated heterocycles. The second-order valence-electron chi connectivity index (χ2n) is 11.1. The summed E-state index contributed by atoms with van der Waals surface area (Å²) in [6.07, 6.45) is 24.5. The standard InChI is InChI=1S/C29H60NO5P/c1-7-9-10-11-12-13-14-15-16-17-18-19-20-21-22-23-24-25-34-26-28(33-6)27-35-36(31,32)29(8-2)30(3,4)5/h15-16,28-29H,7-14,17-27H2,1-6H3/p+1/b16-15-/t28-,29?/m1/s1. The average Bonchev–Trinajstić information content (AvgIpc) is 2.81. The van der Waals surface area contributed by atoms with E-state index in [1.807, 2.05) is 28.1 Å². The van der Waals surface area contributed by atoms with Gasteiger partial charge in [-0.3, -0.25) is 4.57 Å². The van der Waals surface area contributed by atoms with Crippen molar-refractivity contribution in [1.29, 1.82) is 0 Å². The van der Waals surface area contributed by atoms with Crippen LogP contribution in [0.2, 0.25) is 0 Å². The van der Waals surface area contributed by atoms with Gasteiger partial charge in [-0.05, 0) is 32.1 Å². The minimum atomic E-state index is -3.74. The first-order chi connectivity index (χ1) is 17.2. The summed E-state index contributed by atoms with van der Waals surface area (Å²) in [6, 6.07) is 0. The van der Waals surface area contributed by atoms with Gasteiger partial charge in [-0.25, -0.2) is 0 Å². The van der Waals surface area contributed by atoms with E-state index in [9.17, 15) is 9.46 Å². The van der Waals surface area contributed by atoms with E-state index in [1.165, 1.54) is 89.9 Å². The number of rotatable bonds is 26. The predicted molar refractivity (Wildman–Crippen MR) is 154 cm³/mol. The summed E-state index contributed by atoms with van der Waals surface area (Å²) in [5.41, 5.74) is 0. The third kappa shape index (κ3) is 19.8. The van der Waals surface area contributed by atoms with Gasteiger partial charge in [-0.1, -0.05) is 90.2 Å². The first kappa shape index (κ1) is 35.8. The molecule has 0 saturated carbocycles. The van der Waals surface area contributed by atoms with Crippen LogP contribution < -0.4 is 0 Å². The van der Waals surface area contributed by atoms with E-state index in [1.54, 1.807) is 7.11 Å². The van der Waals surface area contributed by atoms with Crippen LogP contribution >= 0.6 is 7.60 Å². The summed E-state index contributed by atoms with van der Waals surface area (Å²) in [4.78, 5) is 10.4. The van der Waals surface area contributed by atoms with E-state index in [4.69, 9.17) is 14.0 Å². The number of methoxy groups -OCH3 is 1. The molecule has 0 aliphatic rings. The van der Waals surface area contributed by atoms with Crippen LogP contribution in [0.25, 0.3) is 0 Å². The fourth-order valence-corrected chi connectivity index (χ4v) is 6.41. The number of unbranched alkanes of at least 4 members (excludes halogenated alkanes) is 13. The van der Waals surface area contributed by atoms with E-state index in [2.05, 4.69) is 19.1 Å². The van der Waals surface area contributed by atoms with Crippen LogP contribution in [0.5, 0.6) is 0 Å². The Morgan fingerprint density at radius 2 is 1.28 bits per heavy atom. The van der Waals surface area contributed by atoms with Gasteiger partial charge < -0.3 is 23.4 Å². The van der Waals surface area contributed by atoms with Crippen molar-refractivity contribution in [1.82, 2.24) is 0 Å². The van der Waals surface area contributed by atoms with Gasteiger partial charge in [0.1, 0.15) is 6.10 Å². The lowest BCUT2D eigenvalue weighted by atomic mass is 10.1. The van der Waals surface area contributed by atoms with Gasteiger partial charge >= 0.3 is 7.60 Å². The lowest BCUT2D eigenvalue weighted by Gasteiger charge is -2.35. The van der Waals surface area contributed by atoms with Gasteiger partial charge in [0.2, 0.25) is 0 Å². The van der Waals surface area contributed by atoms with Crippen LogP contribution in [-0.4, -0.2) is 69.3 Å². The minimum absolute atomic E-state index is 0.0645. The summed E-state index contributed by atoms with van der Waals surface area (Å²) in [6.45, 7) is 5.32. The monoisotopic (exact) mass is 534 g/mol. The Bertz CT molecular complexity index is 564. The molecular formula is C29H61NO5P+. The second kappa shape index (κ2) is 22.7. The van der Waals surface area contributed by atoms with Crippen molar-refractivity contribution in [3.63, 3.8) is 0 Å². The Balaban J connectivity index is 3.65. The van der Waals surface area contributed by atoms with E-state index >= 15 is 0 Å². The van der Waals surface area contributed by atoms with Crippen molar-refractivity contribution in [3.05, 3.63) is 12.2 Å². The van der Waals surface area contributed by atoms with Crippen molar-refractivity contribution in [2.24, 2.45) is 0 Å². The van der Waals surface area contributed by atoms with Crippen molar-refractivity contribution in [2.45, 2.75) is 128 Å². The van der Waals surface area contributed by atoms with Gasteiger partial charge in [-0.2, -0.15) is 0 Å². The van der Waals surface area contributed by atoms with Crippen molar-refractivity contribution in [3.8, 4) is 0 Å². The molecular weight excluding hydrogens is 473 g/mol. The zero-order chi connectivity index (χ0) is 27.1. The molecule has 0 radical (unpaired) electrons. The summed E-state index contributed by atoms with van der Waals surface area (Å²) in [5, 5.41) is 0. The van der Waals surface area contributed by atoms with Crippen molar-refractivity contribution in [2.75, 3.05) is 48.1 Å². The summed E-state index contributed by atoms with van der Waals surface area (Å²) in [5.74, 6) is -0.456. The lowest BCUT2D eigenvalue weighted by molar-refractivity contribution is -0.883. The van der Waals surface area contributed by atoms with E-state index in [0.717, 1.165) is 6.42 Å². The van der Waals surface area contributed by atoms with Crippen LogP contribution in [0.15, 0.2) is 12.2 Å². The number of hydrogen-bond donors (Lipinski definition) is 1. The Hall–Kier alpha value is -0.230. The maximum absolute atomic E-state index is 12.7.